The quantitative estimate of drug-likeness (QED) is 0.179. The van der Waals surface area contributed by atoms with Crippen molar-refractivity contribution in [1.29, 1.82) is 0 Å². The van der Waals surface area contributed by atoms with Gasteiger partial charge < -0.3 is 28.1 Å². The molecule has 0 saturated carbocycles. The van der Waals surface area contributed by atoms with Gasteiger partial charge in [0.05, 0.1) is 21.9 Å². The molecule has 0 bridgehead atoms. The van der Waals surface area contributed by atoms with Crippen LogP contribution in [0.1, 0.15) is 17.7 Å². The highest BCUT2D eigenvalue weighted by molar-refractivity contribution is 6.14. The lowest BCUT2D eigenvalue weighted by Crippen LogP contribution is -2.18. The van der Waals surface area contributed by atoms with E-state index in [1.54, 1.807) is 0 Å². The smallest absolute Gasteiger partial charge is 0.180 e. The molecule has 0 N–H and O–H groups in total. The molecule has 2 aromatic heterocycles. The van der Waals surface area contributed by atoms with Crippen molar-refractivity contribution in [3.05, 3.63) is 199 Å². The van der Waals surface area contributed by atoms with Gasteiger partial charge in [0.25, 0.3) is 0 Å². The van der Waals surface area contributed by atoms with E-state index in [1.165, 1.54) is 11.3 Å². The van der Waals surface area contributed by atoms with E-state index in [4.69, 9.17) is 18.9 Å². The van der Waals surface area contributed by atoms with Crippen LogP contribution in [0.2, 0.25) is 0 Å². The number of benzene rings is 8. The van der Waals surface area contributed by atoms with Crippen molar-refractivity contribution in [2.45, 2.75) is 12.8 Å². The summed E-state index contributed by atoms with van der Waals surface area (Å²) >= 11 is 0. The Hall–Kier alpha value is -7.96. The van der Waals surface area contributed by atoms with Crippen molar-refractivity contribution in [3.8, 4) is 68.1 Å². The van der Waals surface area contributed by atoms with Gasteiger partial charge in [-0.1, -0.05) is 97.1 Å². The largest absolute Gasteiger partial charge is 0.454 e. The molecular weight excluding hydrogens is 741 g/mol. The third kappa shape index (κ3) is 4.94. The first-order valence-corrected chi connectivity index (χ1v) is 20.4. The van der Waals surface area contributed by atoms with Crippen molar-refractivity contribution in [2.75, 3.05) is 0 Å². The highest BCUT2D eigenvalue weighted by atomic mass is 16.6. The van der Waals surface area contributed by atoms with Gasteiger partial charge in [0, 0.05) is 39.8 Å². The van der Waals surface area contributed by atoms with Crippen molar-refractivity contribution in [3.63, 3.8) is 0 Å². The van der Waals surface area contributed by atoms with Gasteiger partial charge in [-0.3, -0.25) is 0 Å². The summed E-state index contributed by atoms with van der Waals surface area (Å²) in [5, 5.41) is 3.24. The number of allylic oxidation sites excluding steroid dienone is 1. The predicted octanol–water partition coefficient (Wildman–Crippen LogP) is 14.0. The molecule has 0 fully saturated rings. The second kappa shape index (κ2) is 12.8. The third-order valence-corrected chi connectivity index (χ3v) is 12.1. The molecule has 60 heavy (non-hydrogen) atoms. The molecule has 0 amide bonds. The number of ether oxygens (including phenoxy) is 4. The van der Waals surface area contributed by atoms with E-state index >= 15 is 0 Å². The van der Waals surface area contributed by atoms with E-state index in [1.807, 2.05) is 54.6 Å². The average Bonchev–Trinajstić information content (AvgIpc) is 3.83. The summed E-state index contributed by atoms with van der Waals surface area (Å²) in [6, 6.07) is 63.5. The second-order valence-electron chi connectivity index (χ2n) is 15.5. The van der Waals surface area contributed by atoms with Gasteiger partial charge in [0.15, 0.2) is 40.3 Å². The van der Waals surface area contributed by atoms with Gasteiger partial charge in [-0.25, -0.2) is 0 Å². The number of rotatable bonds is 4. The van der Waals surface area contributed by atoms with Crippen LogP contribution in [0.3, 0.4) is 0 Å². The Kier molecular flexibility index (Phi) is 7.04. The van der Waals surface area contributed by atoms with Crippen LogP contribution in [0.25, 0.3) is 72.1 Å². The van der Waals surface area contributed by atoms with E-state index in [9.17, 15) is 0 Å². The molecule has 8 aromatic carbocycles. The van der Waals surface area contributed by atoms with Gasteiger partial charge in [0.2, 0.25) is 0 Å². The van der Waals surface area contributed by atoms with Crippen molar-refractivity contribution >= 4 is 38.5 Å². The SMILES string of the molecule is c1ccc(-c2ccc3c(c2)c2c(n3-c3ccc(-n4c5ccc(-c6ccccc6)cc5c5c6c(ccc54)Oc4ccccc4O6)cc3)CCC3=C2Oc2ccccc2O3)cc1. The van der Waals surface area contributed by atoms with Crippen LogP contribution >= 0.6 is 0 Å². The summed E-state index contributed by atoms with van der Waals surface area (Å²) in [5.41, 5.74) is 12.3. The first-order valence-electron chi connectivity index (χ1n) is 20.4. The molecule has 2 aliphatic heterocycles. The van der Waals surface area contributed by atoms with Crippen LogP contribution < -0.4 is 18.9 Å². The molecule has 0 radical (unpaired) electrons. The van der Waals surface area contributed by atoms with E-state index in [0.717, 1.165) is 108 Å². The Bertz CT molecular complexity index is 3410. The maximum absolute atomic E-state index is 6.73. The molecular formula is C54H34N2O4. The standard InChI is InChI=1S/C54H34N2O4/c1-3-11-33(12-4-1)35-19-25-41-39(31-35)51-43(27-29-49-53(51)59-47-17-9-7-15-45(47)57-49)55(41)37-21-23-38(24-22-37)56-42-26-20-36(34-13-5-2-6-14-34)32-40(42)52-44(56)28-30-50-54(52)60-48-18-10-8-16-46(48)58-50/h1-27,29,31-32H,28,30H2. The fourth-order valence-corrected chi connectivity index (χ4v) is 9.42. The lowest BCUT2D eigenvalue weighted by molar-refractivity contribution is 0.327. The van der Waals surface area contributed by atoms with Crippen LogP contribution in [0, 0.1) is 0 Å². The van der Waals surface area contributed by atoms with Crippen molar-refractivity contribution in [1.82, 2.24) is 9.13 Å². The van der Waals surface area contributed by atoms with E-state index in [-0.39, 0.29) is 0 Å². The molecule has 0 spiro atoms. The Morgan fingerprint density at radius 1 is 0.367 bits per heavy atom. The molecule has 3 aliphatic rings. The summed E-state index contributed by atoms with van der Waals surface area (Å²) in [4.78, 5) is 0. The fraction of sp³-hybridized carbons (Fsp3) is 0.0370. The molecule has 6 heteroatoms. The number of hydrogen-bond acceptors (Lipinski definition) is 4. The predicted molar refractivity (Wildman–Crippen MR) is 238 cm³/mol. The Balaban J connectivity index is 0.985. The zero-order valence-electron chi connectivity index (χ0n) is 32.3. The zero-order chi connectivity index (χ0) is 39.3. The average molecular weight is 775 g/mol. The normalized spacial score (nSPS) is 13.7. The topological polar surface area (TPSA) is 46.8 Å². The lowest BCUT2D eigenvalue weighted by atomic mass is 9.96. The molecule has 4 heterocycles. The van der Waals surface area contributed by atoms with Gasteiger partial charge in [-0.15, -0.1) is 0 Å². The minimum atomic E-state index is 0.703. The van der Waals surface area contributed by atoms with Crippen LogP contribution in [0.4, 0.5) is 0 Å². The Morgan fingerprint density at radius 3 is 1.57 bits per heavy atom. The fourth-order valence-electron chi connectivity index (χ4n) is 9.42. The monoisotopic (exact) mass is 774 g/mol. The highest BCUT2D eigenvalue weighted by Crippen LogP contribution is 2.52. The highest BCUT2D eigenvalue weighted by Gasteiger charge is 2.34. The van der Waals surface area contributed by atoms with Crippen molar-refractivity contribution in [2.24, 2.45) is 0 Å². The summed E-state index contributed by atoms with van der Waals surface area (Å²) in [6.45, 7) is 0. The number of para-hydroxylation sites is 4. The number of hydrogen-bond donors (Lipinski definition) is 0. The van der Waals surface area contributed by atoms with Gasteiger partial charge in [0.1, 0.15) is 5.76 Å². The third-order valence-electron chi connectivity index (χ3n) is 12.1. The number of fused-ring (bicyclic) bond motifs is 11. The molecule has 0 unspecified atom stereocenters. The summed E-state index contributed by atoms with van der Waals surface area (Å²) in [6.07, 6.45) is 1.55. The molecule has 13 rings (SSSR count). The molecule has 0 atom stereocenters. The molecule has 1 aliphatic carbocycles. The molecule has 0 saturated heterocycles. The Labute approximate surface area is 345 Å². The minimum absolute atomic E-state index is 0.703. The van der Waals surface area contributed by atoms with Crippen molar-refractivity contribution < 1.29 is 18.9 Å². The van der Waals surface area contributed by atoms with E-state index < -0.39 is 0 Å². The van der Waals surface area contributed by atoms with Crippen LogP contribution in [0.5, 0.6) is 34.5 Å². The summed E-state index contributed by atoms with van der Waals surface area (Å²) in [7, 11) is 0. The van der Waals surface area contributed by atoms with E-state index in [2.05, 4.69) is 137 Å². The minimum Gasteiger partial charge on any atom is -0.454 e. The van der Waals surface area contributed by atoms with E-state index in [0.29, 0.717) is 17.2 Å². The Morgan fingerprint density at radius 2 is 0.900 bits per heavy atom. The van der Waals surface area contributed by atoms with Crippen LogP contribution in [-0.2, 0) is 6.42 Å². The van der Waals surface area contributed by atoms with Crippen LogP contribution in [-0.4, -0.2) is 9.13 Å². The maximum Gasteiger partial charge on any atom is 0.180 e. The molecule has 284 valence electrons. The number of aromatic nitrogens is 2. The first-order chi connectivity index (χ1) is 29.7. The zero-order valence-corrected chi connectivity index (χ0v) is 32.3. The lowest BCUT2D eigenvalue weighted by Gasteiger charge is -2.27. The van der Waals surface area contributed by atoms with Gasteiger partial charge >= 0.3 is 0 Å². The first kappa shape index (κ1) is 33.1. The van der Waals surface area contributed by atoms with Gasteiger partial charge in [-0.05, 0) is 114 Å². The summed E-state index contributed by atoms with van der Waals surface area (Å²) < 4.78 is 31.1. The second-order valence-corrected chi connectivity index (χ2v) is 15.5. The number of nitrogens with zero attached hydrogens (tertiary/aromatic N) is 2. The summed E-state index contributed by atoms with van der Waals surface area (Å²) in [5.74, 6) is 6.02. The molecule has 6 nitrogen and oxygen atoms in total. The van der Waals surface area contributed by atoms with Gasteiger partial charge in [-0.2, -0.15) is 0 Å². The molecule has 10 aromatic rings. The maximum atomic E-state index is 6.73. The van der Waals surface area contributed by atoms with Crippen LogP contribution in [0.15, 0.2) is 188 Å².